The maximum absolute atomic E-state index is 10.2. The van der Waals surface area contributed by atoms with E-state index in [0.29, 0.717) is 13.2 Å². The highest BCUT2D eigenvalue weighted by Gasteiger charge is 2.35. The molecule has 3 rings (SSSR count). The van der Waals surface area contributed by atoms with Crippen molar-refractivity contribution in [3.63, 3.8) is 0 Å². The van der Waals surface area contributed by atoms with Gasteiger partial charge in [-0.1, -0.05) is 12.1 Å². The number of fused-ring (bicyclic) bond motifs is 3. The van der Waals surface area contributed by atoms with Gasteiger partial charge >= 0.3 is 7.48 Å². The van der Waals surface area contributed by atoms with Crippen molar-refractivity contribution in [2.24, 2.45) is 0 Å². The molecule has 0 aliphatic heterocycles. The van der Waals surface area contributed by atoms with Gasteiger partial charge in [0.1, 0.15) is 5.58 Å². The number of aromatic nitrogens is 1. The zero-order chi connectivity index (χ0) is 16.0. The Kier molecular flexibility index (Phi) is 3.50. The summed E-state index contributed by atoms with van der Waals surface area (Å²) in [5.74, 6) is 0. The molecule has 0 fully saturated rings. The van der Waals surface area contributed by atoms with Gasteiger partial charge in [-0.15, -0.1) is 0 Å². The van der Waals surface area contributed by atoms with E-state index in [1.807, 2.05) is 44.2 Å². The number of aliphatic hydroxyl groups is 1. The lowest BCUT2D eigenvalue weighted by Crippen LogP contribution is -2.49. The first-order chi connectivity index (χ1) is 10.3. The van der Waals surface area contributed by atoms with Crippen molar-refractivity contribution in [3.8, 4) is 0 Å². The van der Waals surface area contributed by atoms with Crippen LogP contribution in [0.1, 0.15) is 27.7 Å². The molecule has 0 spiro atoms. The van der Waals surface area contributed by atoms with Crippen LogP contribution in [0.15, 0.2) is 40.9 Å². The van der Waals surface area contributed by atoms with Gasteiger partial charge in [-0.2, -0.15) is 0 Å². The fourth-order valence-corrected chi connectivity index (χ4v) is 2.29. The van der Waals surface area contributed by atoms with Crippen molar-refractivity contribution >= 4 is 35.0 Å². The van der Waals surface area contributed by atoms with E-state index in [9.17, 15) is 5.11 Å². The molecule has 2 heterocycles. The third kappa shape index (κ3) is 2.51. The third-order valence-electron chi connectivity index (χ3n) is 4.42. The molecule has 3 aromatic rings. The molecule has 22 heavy (non-hydrogen) atoms. The summed E-state index contributed by atoms with van der Waals surface area (Å²) in [6, 6.07) is 9.79. The highest BCUT2D eigenvalue weighted by molar-refractivity contribution is 6.52. The predicted molar refractivity (Wildman–Crippen MR) is 89.8 cm³/mol. The van der Waals surface area contributed by atoms with E-state index in [1.165, 1.54) is 0 Å². The smallest absolute Gasteiger partial charge is 0.310 e. The Hall–Kier alpha value is -1.85. The molecule has 5 heteroatoms. The van der Waals surface area contributed by atoms with E-state index in [2.05, 4.69) is 4.98 Å². The van der Waals surface area contributed by atoms with Crippen molar-refractivity contribution in [1.29, 1.82) is 0 Å². The molecular weight excluding hydrogens is 277 g/mol. The molecule has 2 aromatic heterocycles. The molecule has 0 unspecified atom stereocenters. The molecule has 0 aliphatic carbocycles. The summed E-state index contributed by atoms with van der Waals surface area (Å²) >= 11 is 0. The van der Waals surface area contributed by atoms with Gasteiger partial charge in [0.25, 0.3) is 0 Å². The largest absolute Gasteiger partial charge is 0.438 e. The van der Waals surface area contributed by atoms with Gasteiger partial charge in [0.15, 0.2) is 0 Å². The van der Waals surface area contributed by atoms with E-state index in [4.69, 9.17) is 9.07 Å². The molecule has 0 aliphatic rings. The minimum Gasteiger partial charge on any atom is -0.438 e. The standard InChI is InChI=1S/C17H20BNO3/c1-16(2,20)17(3,4)22-18-12-8-5-9-13-14(12)11-7-6-10-19-15(11)21-13/h5-10,18,20H,1-4H3. The van der Waals surface area contributed by atoms with Crippen molar-refractivity contribution < 1.29 is 14.2 Å². The van der Waals surface area contributed by atoms with Gasteiger partial charge in [0.05, 0.1) is 11.2 Å². The molecule has 0 radical (unpaired) electrons. The Morgan fingerprint density at radius 1 is 1.14 bits per heavy atom. The van der Waals surface area contributed by atoms with Crippen LogP contribution in [-0.2, 0) is 4.65 Å². The maximum atomic E-state index is 10.2. The fourth-order valence-electron chi connectivity index (χ4n) is 2.29. The molecule has 0 saturated carbocycles. The van der Waals surface area contributed by atoms with Crippen LogP contribution in [0.3, 0.4) is 0 Å². The minimum absolute atomic E-state index is 0.401. The van der Waals surface area contributed by atoms with Crippen LogP contribution in [0.25, 0.3) is 22.1 Å². The van der Waals surface area contributed by atoms with Crippen LogP contribution < -0.4 is 5.46 Å². The van der Waals surface area contributed by atoms with Crippen LogP contribution in [0.4, 0.5) is 0 Å². The zero-order valence-electron chi connectivity index (χ0n) is 13.4. The number of rotatable bonds is 4. The summed E-state index contributed by atoms with van der Waals surface area (Å²) in [4.78, 5) is 4.26. The molecule has 0 amide bonds. The molecule has 114 valence electrons. The lowest BCUT2D eigenvalue weighted by molar-refractivity contribution is -0.0893. The van der Waals surface area contributed by atoms with Crippen LogP contribution in [0, 0.1) is 0 Å². The minimum atomic E-state index is -0.930. The van der Waals surface area contributed by atoms with Crippen molar-refractivity contribution in [2.75, 3.05) is 0 Å². The molecule has 1 N–H and O–H groups in total. The summed E-state index contributed by atoms with van der Waals surface area (Å²) in [6.07, 6.45) is 1.72. The Bertz CT molecular complexity index is 817. The summed E-state index contributed by atoms with van der Waals surface area (Å²) < 4.78 is 11.8. The summed E-state index contributed by atoms with van der Waals surface area (Å²) in [5, 5.41) is 12.2. The number of pyridine rings is 1. The normalized spacial score (nSPS) is 13.0. The molecule has 0 bridgehead atoms. The number of benzene rings is 1. The van der Waals surface area contributed by atoms with E-state index < -0.39 is 11.2 Å². The number of hydrogen-bond donors (Lipinski definition) is 1. The fraction of sp³-hybridized carbons (Fsp3) is 0.353. The highest BCUT2D eigenvalue weighted by Crippen LogP contribution is 2.27. The number of furan rings is 1. The lowest BCUT2D eigenvalue weighted by Gasteiger charge is -2.37. The average Bonchev–Trinajstić information content (AvgIpc) is 2.83. The first-order valence-electron chi connectivity index (χ1n) is 7.41. The number of nitrogens with zero attached hydrogens (tertiary/aromatic N) is 1. The van der Waals surface area contributed by atoms with Crippen molar-refractivity contribution in [1.82, 2.24) is 4.98 Å². The Balaban J connectivity index is 2.01. The van der Waals surface area contributed by atoms with Crippen molar-refractivity contribution in [2.45, 2.75) is 38.9 Å². The van der Waals surface area contributed by atoms with Gasteiger partial charge in [-0.25, -0.2) is 4.98 Å². The Labute approximate surface area is 130 Å². The predicted octanol–water partition coefficient (Wildman–Crippen LogP) is 2.52. The van der Waals surface area contributed by atoms with Crippen LogP contribution in [0.2, 0.25) is 0 Å². The zero-order valence-corrected chi connectivity index (χ0v) is 13.4. The second-order valence-electron chi connectivity index (χ2n) is 6.61. The van der Waals surface area contributed by atoms with Gasteiger partial charge in [0, 0.05) is 17.0 Å². The molecule has 4 nitrogen and oxygen atoms in total. The van der Waals surface area contributed by atoms with Crippen molar-refractivity contribution in [3.05, 3.63) is 36.5 Å². The van der Waals surface area contributed by atoms with E-state index in [1.54, 1.807) is 20.0 Å². The van der Waals surface area contributed by atoms with Gasteiger partial charge < -0.3 is 14.2 Å². The Morgan fingerprint density at radius 2 is 1.91 bits per heavy atom. The first kappa shape index (κ1) is 15.1. The lowest BCUT2D eigenvalue weighted by atomic mass is 9.81. The maximum Gasteiger partial charge on any atom is 0.310 e. The summed E-state index contributed by atoms with van der Waals surface area (Å²) in [6.45, 7) is 7.29. The van der Waals surface area contributed by atoms with E-state index >= 15 is 0 Å². The molecular formula is C17H20BNO3. The van der Waals surface area contributed by atoms with Crippen LogP contribution >= 0.6 is 0 Å². The molecule has 0 saturated heterocycles. The average molecular weight is 297 g/mol. The summed E-state index contributed by atoms with van der Waals surface area (Å²) in [5.41, 5.74) is 0.873. The van der Waals surface area contributed by atoms with Crippen LogP contribution in [0.5, 0.6) is 0 Å². The third-order valence-corrected chi connectivity index (χ3v) is 4.42. The SMILES string of the molecule is CC(C)(O)C(C)(C)OBc1cccc2oc3ncccc3c12. The van der Waals surface area contributed by atoms with Gasteiger partial charge in [0.2, 0.25) is 5.71 Å². The topological polar surface area (TPSA) is 55.5 Å². The molecule has 1 aromatic carbocycles. The van der Waals surface area contributed by atoms with Crippen LogP contribution in [-0.4, -0.2) is 28.8 Å². The summed E-state index contributed by atoms with van der Waals surface area (Å²) in [7, 11) is 0.401. The van der Waals surface area contributed by atoms with E-state index in [0.717, 1.165) is 21.8 Å². The molecule has 0 atom stereocenters. The first-order valence-corrected chi connectivity index (χ1v) is 7.41. The highest BCUT2D eigenvalue weighted by atomic mass is 16.5. The Morgan fingerprint density at radius 3 is 2.64 bits per heavy atom. The second-order valence-corrected chi connectivity index (χ2v) is 6.61. The van der Waals surface area contributed by atoms with Gasteiger partial charge in [-0.3, -0.25) is 0 Å². The van der Waals surface area contributed by atoms with Gasteiger partial charge in [-0.05, 0) is 51.4 Å². The monoisotopic (exact) mass is 297 g/mol. The second kappa shape index (κ2) is 5.11. The number of hydrogen-bond acceptors (Lipinski definition) is 4. The quantitative estimate of drug-likeness (QED) is 0.752. The van der Waals surface area contributed by atoms with E-state index in [-0.39, 0.29) is 0 Å².